The molecule has 2 aromatic rings. The molecule has 0 aromatic heterocycles. The summed E-state index contributed by atoms with van der Waals surface area (Å²) in [7, 11) is 0. The SMILES string of the molecule is CC(C)(C)c1ccc2c(c1)[CH]([Zr+2]([C]1=CC=CC1)=[Si](C(C)(C)C)C(C)(C)C)c1cc(C(C)(C)C)ccc1-2.[Cl-].[Cl-]. The quantitative estimate of drug-likeness (QED) is 0.425. The van der Waals surface area contributed by atoms with Gasteiger partial charge in [0.05, 0.1) is 0 Å². The van der Waals surface area contributed by atoms with Gasteiger partial charge >= 0.3 is 231 Å². The molecule has 2 aromatic carbocycles. The van der Waals surface area contributed by atoms with Gasteiger partial charge < -0.3 is 24.8 Å². The first-order chi connectivity index (χ1) is 16.4. The predicted octanol–water partition coefficient (Wildman–Crippen LogP) is 4.41. The zero-order chi connectivity index (χ0) is 26.8. The average molecular weight is 647 g/mol. The van der Waals surface area contributed by atoms with Gasteiger partial charge in [-0.1, -0.05) is 0 Å². The van der Waals surface area contributed by atoms with Crippen molar-refractivity contribution in [2.45, 2.75) is 114 Å². The van der Waals surface area contributed by atoms with Crippen molar-refractivity contribution in [2.75, 3.05) is 0 Å². The Balaban J connectivity index is 0.00000253. The van der Waals surface area contributed by atoms with Crippen molar-refractivity contribution in [3.05, 3.63) is 80.2 Å². The Morgan fingerprint density at radius 3 is 1.39 bits per heavy atom. The fourth-order valence-electron chi connectivity index (χ4n) is 6.58. The van der Waals surface area contributed by atoms with E-state index in [4.69, 9.17) is 0 Å². The molecule has 0 bridgehead atoms. The molecule has 0 aliphatic heterocycles. The van der Waals surface area contributed by atoms with Crippen LogP contribution in [0, 0.1) is 0 Å². The number of rotatable bonds is 2. The predicted molar refractivity (Wildman–Crippen MR) is 158 cm³/mol. The minimum Gasteiger partial charge on any atom is -1.00 e. The van der Waals surface area contributed by atoms with E-state index in [1.54, 1.807) is 11.1 Å². The molecule has 4 rings (SSSR count). The molecular formula is C34H48Cl2SiZr. The van der Waals surface area contributed by atoms with Crippen LogP contribution in [0.2, 0.25) is 10.1 Å². The fourth-order valence-corrected chi connectivity index (χ4v) is 35.5. The molecule has 0 atom stereocenters. The molecule has 0 amide bonds. The maximum Gasteiger partial charge on any atom is -1.00 e. The number of hydrogen-bond donors (Lipinski definition) is 0. The molecule has 0 saturated heterocycles. The molecule has 0 radical (unpaired) electrons. The third-order valence-corrected chi connectivity index (χ3v) is 35.7. The Morgan fingerprint density at radius 2 is 1.08 bits per heavy atom. The minimum absolute atomic E-state index is 0. The van der Waals surface area contributed by atoms with Crippen molar-refractivity contribution >= 4 is 5.43 Å². The van der Waals surface area contributed by atoms with Gasteiger partial charge in [0.25, 0.3) is 0 Å². The second-order valence-corrected chi connectivity index (χ2v) is 30.8. The van der Waals surface area contributed by atoms with E-state index in [0.29, 0.717) is 13.7 Å². The summed E-state index contributed by atoms with van der Waals surface area (Å²) in [6.07, 6.45) is 8.52. The van der Waals surface area contributed by atoms with Crippen molar-refractivity contribution in [3.8, 4) is 11.1 Å². The number of hydrogen-bond acceptors (Lipinski definition) is 0. The first kappa shape index (κ1) is 33.8. The summed E-state index contributed by atoms with van der Waals surface area (Å²) in [5, 5.41) is 0.737. The van der Waals surface area contributed by atoms with E-state index in [-0.39, 0.29) is 35.6 Å². The van der Waals surface area contributed by atoms with Gasteiger partial charge in [-0.15, -0.1) is 0 Å². The second-order valence-electron chi connectivity index (χ2n) is 15.1. The normalized spacial score (nSPS) is 15.1. The Morgan fingerprint density at radius 1 is 0.658 bits per heavy atom. The third-order valence-electron chi connectivity index (χ3n) is 7.92. The fraction of sp³-hybridized carbons (Fsp3) is 0.529. The van der Waals surface area contributed by atoms with Crippen LogP contribution in [0.1, 0.15) is 115 Å². The first-order valence-electron chi connectivity index (χ1n) is 13.8. The Bertz CT molecular complexity index is 1210. The Labute approximate surface area is 254 Å². The topological polar surface area (TPSA) is 0 Å². The molecule has 0 fully saturated rings. The number of fused-ring (bicyclic) bond motifs is 3. The smallest absolute Gasteiger partial charge is 1.00 e. The number of allylic oxidation sites excluding steroid dienone is 4. The van der Waals surface area contributed by atoms with Crippen LogP contribution in [-0.4, -0.2) is 5.43 Å². The van der Waals surface area contributed by atoms with Crippen molar-refractivity contribution < 1.29 is 45.2 Å². The zero-order valence-electron chi connectivity index (χ0n) is 25.7. The van der Waals surface area contributed by atoms with Crippen LogP contribution in [0.15, 0.2) is 57.9 Å². The van der Waals surface area contributed by atoms with Crippen LogP contribution in [0.4, 0.5) is 0 Å². The van der Waals surface area contributed by atoms with Gasteiger partial charge in [0, 0.05) is 0 Å². The van der Waals surface area contributed by atoms with Gasteiger partial charge in [-0.3, -0.25) is 0 Å². The van der Waals surface area contributed by atoms with Crippen LogP contribution < -0.4 is 24.8 Å². The standard InChI is InChI=1S/C21H25.C8H18Si.C5H5.2ClH.Zr/c1-20(2,3)16-7-9-18-14(12-16)11-15-13-17(21(4,5)6)8-10-19(15)18;1-7(2,3)9-8(4,5)6;1-2-4-5-3-1;;;/h7-13H,1-6H3;1-6H3;1-3H,4H2;2*1H;/q;;;;;+2/p-2. The minimum atomic E-state index is -2.25. The molecule has 0 nitrogen and oxygen atoms in total. The summed E-state index contributed by atoms with van der Waals surface area (Å²) in [6, 6.07) is 15.0. The van der Waals surface area contributed by atoms with Crippen LogP contribution in [0.3, 0.4) is 0 Å². The maximum absolute atomic E-state index is 2.63. The van der Waals surface area contributed by atoms with Crippen molar-refractivity contribution in [1.82, 2.24) is 0 Å². The summed E-state index contributed by atoms with van der Waals surface area (Å²) < 4.78 is 2.46. The van der Waals surface area contributed by atoms with E-state index in [0.717, 1.165) is 0 Å². The van der Waals surface area contributed by atoms with Crippen LogP contribution in [0.25, 0.3) is 11.1 Å². The molecule has 0 spiro atoms. The molecule has 0 saturated carbocycles. The average Bonchev–Trinajstić information content (AvgIpc) is 3.34. The molecule has 0 heterocycles. The number of halogens is 2. The van der Waals surface area contributed by atoms with Gasteiger partial charge in [0.15, 0.2) is 0 Å². The van der Waals surface area contributed by atoms with Gasteiger partial charge in [0.2, 0.25) is 0 Å². The third kappa shape index (κ3) is 6.56. The summed E-state index contributed by atoms with van der Waals surface area (Å²) in [6.45, 7) is 29.6. The maximum atomic E-state index is 2.63. The summed E-state index contributed by atoms with van der Waals surface area (Å²) >= 11 is -2.25. The Hall–Kier alpha value is -0.400. The van der Waals surface area contributed by atoms with Gasteiger partial charge in [0.1, 0.15) is 0 Å². The van der Waals surface area contributed by atoms with Crippen LogP contribution >= 0.6 is 0 Å². The van der Waals surface area contributed by atoms with Gasteiger partial charge in [-0.2, -0.15) is 0 Å². The van der Waals surface area contributed by atoms with E-state index in [9.17, 15) is 0 Å². The van der Waals surface area contributed by atoms with Gasteiger partial charge in [-0.25, -0.2) is 0 Å². The molecule has 4 heteroatoms. The molecule has 0 unspecified atom stereocenters. The molecule has 38 heavy (non-hydrogen) atoms. The Kier molecular flexibility index (Phi) is 10.2. The summed E-state index contributed by atoms with van der Waals surface area (Å²) in [4.78, 5) is 0. The van der Waals surface area contributed by atoms with Crippen molar-refractivity contribution in [1.29, 1.82) is 0 Å². The summed E-state index contributed by atoms with van der Waals surface area (Å²) in [5.41, 5.74) is 8.94. The zero-order valence-corrected chi connectivity index (χ0v) is 30.7. The van der Waals surface area contributed by atoms with E-state index in [1.807, 2.05) is 3.28 Å². The van der Waals surface area contributed by atoms with Gasteiger partial charge in [-0.05, 0) is 0 Å². The largest absolute Gasteiger partial charge is 1.00 e. The molecule has 206 valence electrons. The number of benzene rings is 2. The molecule has 2 aliphatic rings. The molecule has 2 aliphatic carbocycles. The monoisotopic (exact) mass is 644 g/mol. The van der Waals surface area contributed by atoms with E-state index in [1.165, 1.54) is 28.7 Å². The molecular weight excluding hydrogens is 599 g/mol. The van der Waals surface area contributed by atoms with Crippen molar-refractivity contribution in [2.24, 2.45) is 0 Å². The van der Waals surface area contributed by atoms with E-state index in [2.05, 4.69) is 138 Å². The van der Waals surface area contributed by atoms with E-state index >= 15 is 0 Å². The molecule has 0 N–H and O–H groups in total. The summed E-state index contributed by atoms with van der Waals surface area (Å²) in [5.74, 6) is 0. The van der Waals surface area contributed by atoms with E-state index < -0.39 is 25.8 Å². The first-order valence-corrected chi connectivity index (χ1v) is 21.6. The van der Waals surface area contributed by atoms with Crippen LogP contribution in [-0.2, 0) is 31.2 Å². The van der Waals surface area contributed by atoms with Crippen molar-refractivity contribution in [3.63, 3.8) is 0 Å². The van der Waals surface area contributed by atoms with Crippen LogP contribution in [0.5, 0.6) is 0 Å². The second kappa shape index (κ2) is 11.5.